The van der Waals surface area contributed by atoms with Crippen LogP contribution in [-0.2, 0) is 4.74 Å². The zero-order valence-electron chi connectivity index (χ0n) is 9.50. The van der Waals surface area contributed by atoms with Gasteiger partial charge in [-0.1, -0.05) is 6.07 Å². The van der Waals surface area contributed by atoms with E-state index in [2.05, 4.69) is 40.3 Å². The Labute approximate surface area is 104 Å². The van der Waals surface area contributed by atoms with Gasteiger partial charge < -0.3 is 14.8 Å². The van der Waals surface area contributed by atoms with Gasteiger partial charge in [-0.2, -0.15) is 0 Å². The summed E-state index contributed by atoms with van der Waals surface area (Å²) in [6, 6.07) is 6.40. The second-order valence-corrected chi connectivity index (χ2v) is 4.76. The topological polar surface area (TPSA) is 30.5 Å². The smallest absolute Gasteiger partial charge is 0.133 e. The van der Waals surface area contributed by atoms with Crippen LogP contribution in [0.3, 0.4) is 0 Å². The van der Waals surface area contributed by atoms with Crippen molar-refractivity contribution in [3.8, 4) is 5.75 Å². The molecule has 0 radical (unpaired) electrons. The molecule has 0 aromatic heterocycles. The number of rotatable bonds is 2. The highest BCUT2D eigenvalue weighted by molar-refractivity contribution is 9.10. The Hall–Kier alpha value is -0.580. The van der Waals surface area contributed by atoms with E-state index in [1.54, 1.807) is 7.11 Å². The molecule has 4 heteroatoms. The molecule has 88 valence electrons. The molecule has 0 aliphatic carbocycles. The standard InChI is InChI=1S/C12H16BrNO2/c1-8-12(14-5-6-16-8)9-3-4-11(15-2)10(13)7-9/h3-4,7-8,12,14H,5-6H2,1-2H3. The summed E-state index contributed by atoms with van der Waals surface area (Å²) < 4.78 is 11.8. The average Bonchev–Trinajstić information content (AvgIpc) is 2.29. The number of hydrogen-bond donors (Lipinski definition) is 1. The molecule has 0 amide bonds. The average molecular weight is 286 g/mol. The first kappa shape index (κ1) is 11.9. The summed E-state index contributed by atoms with van der Waals surface area (Å²) in [5, 5.41) is 3.46. The Morgan fingerprint density at radius 2 is 2.31 bits per heavy atom. The van der Waals surface area contributed by atoms with Crippen LogP contribution >= 0.6 is 15.9 Å². The van der Waals surface area contributed by atoms with Crippen LogP contribution in [-0.4, -0.2) is 26.4 Å². The highest BCUT2D eigenvalue weighted by Crippen LogP contribution is 2.30. The molecule has 1 aliphatic rings. The van der Waals surface area contributed by atoms with Crippen molar-refractivity contribution in [1.82, 2.24) is 5.32 Å². The Kier molecular flexibility index (Phi) is 3.84. The van der Waals surface area contributed by atoms with E-state index in [0.29, 0.717) is 0 Å². The molecule has 1 aromatic carbocycles. The molecule has 1 heterocycles. The lowest BCUT2D eigenvalue weighted by Crippen LogP contribution is -2.40. The third kappa shape index (κ3) is 2.39. The van der Waals surface area contributed by atoms with Gasteiger partial charge in [-0.3, -0.25) is 0 Å². The summed E-state index contributed by atoms with van der Waals surface area (Å²) in [6.07, 6.45) is 0.203. The second-order valence-electron chi connectivity index (χ2n) is 3.90. The molecule has 1 aliphatic heterocycles. The SMILES string of the molecule is COc1ccc(C2NCCOC2C)cc1Br. The fourth-order valence-electron chi connectivity index (χ4n) is 1.99. The molecule has 1 aromatic rings. The minimum absolute atomic E-state index is 0.203. The van der Waals surface area contributed by atoms with Gasteiger partial charge in [-0.25, -0.2) is 0 Å². The van der Waals surface area contributed by atoms with Crippen LogP contribution in [0.25, 0.3) is 0 Å². The number of ether oxygens (including phenoxy) is 2. The Morgan fingerprint density at radius 1 is 1.50 bits per heavy atom. The predicted octanol–water partition coefficient (Wildman–Crippen LogP) is 2.51. The van der Waals surface area contributed by atoms with Gasteiger partial charge >= 0.3 is 0 Å². The molecule has 1 saturated heterocycles. The van der Waals surface area contributed by atoms with Crippen LogP contribution in [0, 0.1) is 0 Å². The van der Waals surface area contributed by atoms with Crippen molar-refractivity contribution >= 4 is 15.9 Å². The zero-order valence-corrected chi connectivity index (χ0v) is 11.1. The first-order valence-electron chi connectivity index (χ1n) is 5.41. The van der Waals surface area contributed by atoms with Crippen LogP contribution in [0.4, 0.5) is 0 Å². The summed E-state index contributed by atoms with van der Waals surface area (Å²) in [4.78, 5) is 0. The van der Waals surface area contributed by atoms with Crippen LogP contribution in [0.5, 0.6) is 5.75 Å². The lowest BCUT2D eigenvalue weighted by atomic mass is 10.0. The molecule has 0 bridgehead atoms. The van der Waals surface area contributed by atoms with E-state index < -0.39 is 0 Å². The number of hydrogen-bond acceptors (Lipinski definition) is 3. The molecular formula is C12H16BrNO2. The summed E-state index contributed by atoms with van der Waals surface area (Å²) in [5.74, 6) is 0.855. The van der Waals surface area contributed by atoms with Gasteiger partial charge in [0.05, 0.1) is 30.3 Å². The molecule has 1 N–H and O–H groups in total. The summed E-state index contributed by atoms with van der Waals surface area (Å²) >= 11 is 3.50. The first-order chi connectivity index (χ1) is 7.72. The third-order valence-corrected chi connectivity index (χ3v) is 3.47. The molecule has 16 heavy (non-hydrogen) atoms. The maximum atomic E-state index is 5.63. The van der Waals surface area contributed by atoms with E-state index in [1.165, 1.54) is 5.56 Å². The fourth-order valence-corrected chi connectivity index (χ4v) is 2.54. The molecule has 2 atom stereocenters. The van der Waals surface area contributed by atoms with Crippen LogP contribution in [0.15, 0.2) is 22.7 Å². The lowest BCUT2D eigenvalue weighted by molar-refractivity contribution is 0.00753. The second kappa shape index (κ2) is 5.17. The van der Waals surface area contributed by atoms with E-state index in [9.17, 15) is 0 Å². The number of morpholine rings is 1. The Bertz CT molecular complexity index is 370. The normalized spacial score (nSPS) is 25.4. The van der Waals surface area contributed by atoms with Crippen molar-refractivity contribution in [3.63, 3.8) is 0 Å². The van der Waals surface area contributed by atoms with Crippen molar-refractivity contribution in [2.75, 3.05) is 20.3 Å². The van der Waals surface area contributed by atoms with Gasteiger partial charge in [0.1, 0.15) is 5.75 Å². The van der Waals surface area contributed by atoms with Gasteiger partial charge in [0.15, 0.2) is 0 Å². The van der Waals surface area contributed by atoms with Gasteiger partial charge in [-0.05, 0) is 40.5 Å². The van der Waals surface area contributed by atoms with E-state index in [4.69, 9.17) is 9.47 Å². The lowest BCUT2D eigenvalue weighted by Gasteiger charge is -2.30. The largest absolute Gasteiger partial charge is 0.496 e. The van der Waals surface area contributed by atoms with Crippen LogP contribution in [0.2, 0.25) is 0 Å². The van der Waals surface area contributed by atoms with Gasteiger partial charge in [0.2, 0.25) is 0 Å². The fraction of sp³-hybridized carbons (Fsp3) is 0.500. The zero-order chi connectivity index (χ0) is 11.5. The number of methoxy groups -OCH3 is 1. The van der Waals surface area contributed by atoms with Gasteiger partial charge in [0.25, 0.3) is 0 Å². The molecule has 1 fully saturated rings. The number of nitrogens with one attached hydrogen (secondary N) is 1. The minimum atomic E-state index is 0.203. The molecular weight excluding hydrogens is 270 g/mol. The summed E-state index contributed by atoms with van der Waals surface area (Å²) in [7, 11) is 1.67. The van der Waals surface area contributed by atoms with Gasteiger partial charge in [0, 0.05) is 6.54 Å². The van der Waals surface area contributed by atoms with Crippen molar-refractivity contribution in [3.05, 3.63) is 28.2 Å². The molecule has 2 rings (SSSR count). The molecule has 3 nitrogen and oxygen atoms in total. The third-order valence-electron chi connectivity index (χ3n) is 2.85. The van der Waals surface area contributed by atoms with E-state index in [0.717, 1.165) is 23.4 Å². The van der Waals surface area contributed by atoms with Crippen molar-refractivity contribution in [1.29, 1.82) is 0 Å². The quantitative estimate of drug-likeness (QED) is 0.906. The highest BCUT2D eigenvalue weighted by Gasteiger charge is 2.23. The van der Waals surface area contributed by atoms with E-state index in [1.807, 2.05) is 6.07 Å². The Balaban J connectivity index is 2.22. The van der Waals surface area contributed by atoms with Gasteiger partial charge in [-0.15, -0.1) is 0 Å². The van der Waals surface area contributed by atoms with Crippen molar-refractivity contribution in [2.24, 2.45) is 0 Å². The monoisotopic (exact) mass is 285 g/mol. The summed E-state index contributed by atoms with van der Waals surface area (Å²) in [5.41, 5.74) is 1.22. The molecule has 0 saturated carbocycles. The maximum absolute atomic E-state index is 5.63. The number of halogens is 1. The van der Waals surface area contributed by atoms with Crippen LogP contribution < -0.4 is 10.1 Å². The first-order valence-corrected chi connectivity index (χ1v) is 6.20. The Morgan fingerprint density at radius 3 is 2.94 bits per heavy atom. The van der Waals surface area contributed by atoms with E-state index >= 15 is 0 Å². The predicted molar refractivity (Wildman–Crippen MR) is 66.9 cm³/mol. The molecule has 2 unspecified atom stereocenters. The van der Waals surface area contributed by atoms with Crippen LogP contribution in [0.1, 0.15) is 18.5 Å². The molecule has 0 spiro atoms. The van der Waals surface area contributed by atoms with E-state index in [-0.39, 0.29) is 12.1 Å². The van der Waals surface area contributed by atoms with Crippen molar-refractivity contribution in [2.45, 2.75) is 19.1 Å². The highest BCUT2D eigenvalue weighted by atomic mass is 79.9. The minimum Gasteiger partial charge on any atom is -0.496 e. The maximum Gasteiger partial charge on any atom is 0.133 e. The number of benzene rings is 1. The van der Waals surface area contributed by atoms with Crippen molar-refractivity contribution < 1.29 is 9.47 Å². The summed E-state index contributed by atoms with van der Waals surface area (Å²) in [6.45, 7) is 3.78.